The third-order valence-electron chi connectivity index (χ3n) is 4.56. The molecule has 0 aliphatic heterocycles. The van der Waals surface area contributed by atoms with Gasteiger partial charge in [-0.15, -0.1) is 0 Å². The number of hydrogen-bond acceptors (Lipinski definition) is 2. The zero-order valence-corrected chi connectivity index (χ0v) is 13.9. The lowest BCUT2D eigenvalue weighted by molar-refractivity contribution is 0.774. The molecule has 0 unspecified atom stereocenters. The van der Waals surface area contributed by atoms with Gasteiger partial charge in [0, 0.05) is 5.56 Å². The molecule has 2 aromatic rings. The highest BCUT2D eigenvalue weighted by molar-refractivity contribution is 5.68. The molecule has 0 saturated heterocycles. The van der Waals surface area contributed by atoms with E-state index < -0.39 is 0 Å². The predicted molar refractivity (Wildman–Crippen MR) is 97.2 cm³/mol. The first kappa shape index (κ1) is 15.7. The van der Waals surface area contributed by atoms with Crippen molar-refractivity contribution in [1.82, 2.24) is 9.97 Å². The summed E-state index contributed by atoms with van der Waals surface area (Å²) in [5.41, 5.74) is 7.67. The van der Waals surface area contributed by atoms with Gasteiger partial charge in [0.2, 0.25) is 0 Å². The second kappa shape index (κ2) is 7.36. The van der Waals surface area contributed by atoms with Gasteiger partial charge in [-0.1, -0.05) is 43.0 Å². The second-order valence-corrected chi connectivity index (χ2v) is 6.22. The minimum atomic E-state index is 1.01. The topological polar surface area (TPSA) is 25.8 Å². The lowest BCUT2D eigenvalue weighted by atomic mass is 9.98. The van der Waals surface area contributed by atoms with Crippen molar-refractivity contribution in [3.8, 4) is 0 Å². The quantitative estimate of drug-likeness (QED) is 0.774. The summed E-state index contributed by atoms with van der Waals surface area (Å²) >= 11 is 0. The number of allylic oxidation sites excluding steroid dienone is 2. The Morgan fingerprint density at radius 1 is 1.13 bits per heavy atom. The highest BCUT2D eigenvalue weighted by Crippen LogP contribution is 2.26. The Morgan fingerprint density at radius 3 is 2.74 bits per heavy atom. The van der Waals surface area contributed by atoms with Crippen molar-refractivity contribution < 1.29 is 0 Å². The van der Waals surface area contributed by atoms with Crippen LogP contribution in [0.1, 0.15) is 54.3 Å². The number of hydrogen-bond donors (Lipinski definition) is 0. The van der Waals surface area contributed by atoms with E-state index in [-0.39, 0.29) is 0 Å². The minimum absolute atomic E-state index is 1.01. The van der Waals surface area contributed by atoms with E-state index in [0.29, 0.717) is 0 Å². The predicted octanol–water partition coefficient (Wildman–Crippen LogP) is 5.03. The molecule has 0 N–H and O–H groups in total. The number of fused-ring (bicyclic) bond motifs is 1. The van der Waals surface area contributed by atoms with Crippen molar-refractivity contribution in [2.45, 2.75) is 45.4 Å². The van der Waals surface area contributed by atoms with E-state index in [1.165, 1.54) is 40.1 Å². The summed E-state index contributed by atoms with van der Waals surface area (Å²) in [7, 11) is 0. The third-order valence-corrected chi connectivity index (χ3v) is 4.56. The van der Waals surface area contributed by atoms with Crippen LogP contribution in [0.3, 0.4) is 0 Å². The van der Waals surface area contributed by atoms with Crippen molar-refractivity contribution in [2.75, 3.05) is 0 Å². The maximum atomic E-state index is 4.58. The third kappa shape index (κ3) is 3.76. The molecular weight excluding hydrogens is 280 g/mol. The summed E-state index contributed by atoms with van der Waals surface area (Å²) in [6.07, 6.45) is 12.6. The number of benzene rings is 1. The van der Waals surface area contributed by atoms with Crippen LogP contribution in [0, 0.1) is 0 Å². The molecule has 1 aromatic heterocycles. The Bertz CT molecular complexity index is 711. The average Bonchev–Trinajstić information content (AvgIpc) is 2.78. The van der Waals surface area contributed by atoms with Crippen LogP contribution in [-0.2, 0) is 19.3 Å². The first-order valence-electron chi connectivity index (χ1n) is 8.49. The molecule has 0 bridgehead atoms. The van der Waals surface area contributed by atoms with Crippen molar-refractivity contribution in [3.05, 3.63) is 71.3 Å². The lowest BCUT2D eigenvalue weighted by Gasteiger charge is -2.12. The van der Waals surface area contributed by atoms with Crippen LogP contribution >= 0.6 is 0 Å². The van der Waals surface area contributed by atoms with Gasteiger partial charge in [-0.3, -0.25) is 0 Å². The molecule has 0 fully saturated rings. The summed E-state index contributed by atoms with van der Waals surface area (Å²) in [5, 5.41) is 0. The molecule has 3 rings (SSSR count). The van der Waals surface area contributed by atoms with Crippen LogP contribution < -0.4 is 0 Å². The van der Waals surface area contributed by atoms with Gasteiger partial charge >= 0.3 is 0 Å². The average molecular weight is 304 g/mol. The molecule has 1 aliphatic rings. The molecular formula is C21H24N2. The summed E-state index contributed by atoms with van der Waals surface area (Å²) in [4.78, 5) is 9.09. The van der Waals surface area contributed by atoms with Gasteiger partial charge in [0.1, 0.15) is 6.33 Å². The Morgan fingerprint density at radius 2 is 1.96 bits per heavy atom. The second-order valence-electron chi connectivity index (χ2n) is 6.22. The largest absolute Gasteiger partial charge is 0.241 e. The maximum absolute atomic E-state index is 4.58. The van der Waals surface area contributed by atoms with E-state index in [0.717, 1.165) is 32.1 Å². The van der Waals surface area contributed by atoms with E-state index >= 15 is 0 Å². The molecule has 0 spiro atoms. The summed E-state index contributed by atoms with van der Waals surface area (Å²) < 4.78 is 0. The van der Waals surface area contributed by atoms with Crippen LogP contribution in [0.15, 0.2) is 43.2 Å². The van der Waals surface area contributed by atoms with Crippen molar-refractivity contribution in [1.29, 1.82) is 0 Å². The highest BCUT2D eigenvalue weighted by Gasteiger charge is 2.14. The van der Waals surface area contributed by atoms with Crippen LogP contribution in [0.2, 0.25) is 0 Å². The molecule has 0 atom stereocenters. The fourth-order valence-electron chi connectivity index (χ4n) is 3.27. The van der Waals surface area contributed by atoms with E-state index in [4.69, 9.17) is 0 Å². The van der Waals surface area contributed by atoms with Gasteiger partial charge in [0.15, 0.2) is 0 Å². The number of rotatable bonds is 5. The van der Waals surface area contributed by atoms with E-state index in [9.17, 15) is 0 Å². The van der Waals surface area contributed by atoms with Crippen LogP contribution in [0.4, 0.5) is 0 Å². The first-order chi connectivity index (χ1) is 11.3. The Balaban J connectivity index is 1.70. The van der Waals surface area contributed by atoms with Gasteiger partial charge in [-0.05, 0) is 62.1 Å². The number of nitrogens with zero attached hydrogens (tertiary/aromatic N) is 2. The highest BCUT2D eigenvalue weighted by atomic mass is 14.8. The smallest absolute Gasteiger partial charge is 0.115 e. The Hall–Kier alpha value is -2.22. The standard InChI is InChI=1S/C21H24N2/c1-3-17-11-13-18(14-12-17)8-6-10-20-21-16(2)7-4-5-9-19(21)22-15-23-20/h3,7,11-15H,1,4-6,8-10H2,2H3. The molecule has 0 radical (unpaired) electrons. The van der Waals surface area contributed by atoms with Gasteiger partial charge in [-0.2, -0.15) is 0 Å². The fourth-order valence-corrected chi connectivity index (χ4v) is 3.27. The molecule has 1 aromatic carbocycles. The number of aryl methyl sites for hydroxylation is 3. The van der Waals surface area contributed by atoms with Gasteiger partial charge in [-0.25, -0.2) is 9.97 Å². The Labute approximate surface area is 139 Å². The van der Waals surface area contributed by atoms with E-state index in [1.807, 2.05) is 6.08 Å². The molecule has 2 nitrogen and oxygen atoms in total. The minimum Gasteiger partial charge on any atom is -0.241 e. The van der Waals surface area contributed by atoms with Crippen molar-refractivity contribution in [2.24, 2.45) is 0 Å². The molecule has 118 valence electrons. The monoisotopic (exact) mass is 304 g/mol. The summed E-state index contributed by atoms with van der Waals surface area (Å²) in [6, 6.07) is 8.66. The molecule has 2 heteroatoms. The van der Waals surface area contributed by atoms with Crippen molar-refractivity contribution in [3.63, 3.8) is 0 Å². The van der Waals surface area contributed by atoms with Gasteiger partial charge in [0.05, 0.1) is 11.4 Å². The molecule has 1 heterocycles. The fraction of sp³-hybridized carbons (Fsp3) is 0.333. The van der Waals surface area contributed by atoms with Gasteiger partial charge in [0.25, 0.3) is 0 Å². The SMILES string of the molecule is C=Cc1ccc(CCCc2ncnc3c2C(C)=CCCC3)cc1. The van der Waals surface area contributed by atoms with E-state index in [1.54, 1.807) is 6.33 Å². The lowest BCUT2D eigenvalue weighted by Crippen LogP contribution is -2.04. The number of aromatic nitrogens is 2. The van der Waals surface area contributed by atoms with Crippen LogP contribution in [0.5, 0.6) is 0 Å². The first-order valence-corrected chi connectivity index (χ1v) is 8.49. The summed E-state index contributed by atoms with van der Waals surface area (Å²) in [5.74, 6) is 0. The van der Waals surface area contributed by atoms with Crippen LogP contribution in [0.25, 0.3) is 11.6 Å². The molecule has 0 saturated carbocycles. The van der Waals surface area contributed by atoms with Gasteiger partial charge < -0.3 is 0 Å². The van der Waals surface area contributed by atoms with E-state index in [2.05, 4.69) is 53.8 Å². The molecule has 23 heavy (non-hydrogen) atoms. The zero-order valence-electron chi connectivity index (χ0n) is 13.9. The summed E-state index contributed by atoms with van der Waals surface area (Å²) in [6.45, 7) is 6.00. The molecule has 0 amide bonds. The van der Waals surface area contributed by atoms with Crippen LogP contribution in [-0.4, -0.2) is 9.97 Å². The normalized spacial score (nSPS) is 13.9. The molecule has 1 aliphatic carbocycles. The maximum Gasteiger partial charge on any atom is 0.115 e. The zero-order chi connectivity index (χ0) is 16.1. The Kier molecular flexibility index (Phi) is 5.02. The van der Waals surface area contributed by atoms with Crippen molar-refractivity contribution >= 4 is 11.6 Å².